The molecule has 0 fully saturated rings. The molecule has 0 saturated carbocycles. The second-order valence-electron chi connectivity index (χ2n) is 7.02. The quantitative estimate of drug-likeness (QED) is 0.904. The number of hydrogen-bond acceptors (Lipinski definition) is 3. The molecule has 6 nitrogen and oxygen atoms in total. The van der Waals surface area contributed by atoms with Gasteiger partial charge in [0.1, 0.15) is 12.2 Å². The highest BCUT2D eigenvalue weighted by molar-refractivity contribution is 5.93. The number of imidazole rings is 1. The van der Waals surface area contributed by atoms with Crippen molar-refractivity contribution in [2.75, 3.05) is 5.32 Å². The van der Waals surface area contributed by atoms with Gasteiger partial charge in [-0.15, -0.1) is 0 Å². The van der Waals surface area contributed by atoms with E-state index in [9.17, 15) is 9.59 Å². The minimum atomic E-state index is -1.10. The summed E-state index contributed by atoms with van der Waals surface area (Å²) in [6.07, 6.45) is 3.63. The Morgan fingerprint density at radius 2 is 2.17 bits per heavy atom. The Bertz CT molecular complexity index is 808. The third-order valence-corrected chi connectivity index (χ3v) is 4.66. The van der Waals surface area contributed by atoms with Crippen molar-refractivity contribution in [2.45, 2.75) is 45.1 Å². The van der Waals surface area contributed by atoms with Crippen LogP contribution in [0, 0.1) is 0 Å². The molecule has 24 heavy (non-hydrogen) atoms. The van der Waals surface area contributed by atoms with Crippen LogP contribution in [0.15, 0.2) is 30.7 Å². The first-order valence-electron chi connectivity index (χ1n) is 7.96. The zero-order valence-corrected chi connectivity index (χ0v) is 14.0. The number of amides is 1. The van der Waals surface area contributed by atoms with Gasteiger partial charge in [-0.1, -0.05) is 32.9 Å². The normalized spacial score (nSPS) is 18.2. The Labute approximate surface area is 140 Å². The van der Waals surface area contributed by atoms with Crippen LogP contribution in [0.2, 0.25) is 0 Å². The van der Waals surface area contributed by atoms with E-state index in [-0.39, 0.29) is 23.6 Å². The molecule has 1 heterocycles. The lowest BCUT2D eigenvalue weighted by Crippen LogP contribution is -2.21. The van der Waals surface area contributed by atoms with Gasteiger partial charge < -0.3 is 15.0 Å². The molecule has 1 unspecified atom stereocenters. The van der Waals surface area contributed by atoms with Crippen molar-refractivity contribution in [2.24, 2.45) is 0 Å². The Morgan fingerprint density at radius 3 is 2.88 bits per heavy atom. The van der Waals surface area contributed by atoms with Crippen LogP contribution in [0.4, 0.5) is 5.69 Å². The van der Waals surface area contributed by atoms with Gasteiger partial charge in [0.2, 0.25) is 5.91 Å². The maximum absolute atomic E-state index is 12.4. The minimum absolute atomic E-state index is 0.00191. The summed E-state index contributed by atoms with van der Waals surface area (Å²) in [5.41, 5.74) is 3.35. The fraction of sp³-hybridized carbons (Fsp3) is 0.389. The lowest BCUT2D eigenvalue weighted by atomic mass is 9.86. The van der Waals surface area contributed by atoms with Crippen molar-refractivity contribution in [3.05, 3.63) is 47.5 Å². The van der Waals surface area contributed by atoms with Crippen LogP contribution in [0.3, 0.4) is 0 Å². The highest BCUT2D eigenvalue weighted by atomic mass is 16.4. The molecule has 0 spiro atoms. The Balaban J connectivity index is 1.83. The molecular weight excluding hydrogens is 306 g/mol. The summed E-state index contributed by atoms with van der Waals surface area (Å²) < 4.78 is 1.33. The summed E-state index contributed by atoms with van der Waals surface area (Å²) in [7, 11) is 0. The van der Waals surface area contributed by atoms with E-state index < -0.39 is 5.97 Å². The maximum atomic E-state index is 12.4. The van der Waals surface area contributed by atoms with Crippen LogP contribution in [-0.2, 0) is 16.8 Å². The number of rotatable bonds is 4. The van der Waals surface area contributed by atoms with Crippen molar-refractivity contribution in [3.63, 3.8) is 0 Å². The third kappa shape index (κ3) is 2.79. The van der Waals surface area contributed by atoms with Crippen molar-refractivity contribution in [1.29, 1.82) is 0 Å². The molecular formula is C18H21N3O3. The Morgan fingerprint density at radius 1 is 1.42 bits per heavy atom. The first kappa shape index (κ1) is 16.2. The van der Waals surface area contributed by atoms with Crippen LogP contribution in [0.1, 0.15) is 54.7 Å². The number of carbonyl (C=O) groups is 2. The van der Waals surface area contributed by atoms with E-state index in [1.165, 1.54) is 28.2 Å². The standard InChI is InChI=1S/C18H21N3O3/c1-11-7-18(2,3)12-5-4-6-13(16(11)12)20-15(22)9-21-10-19-8-14(21)17(23)24/h4-6,8,10-11H,7,9H2,1-3H3,(H,20,22)(H,23,24). The third-order valence-electron chi connectivity index (χ3n) is 4.66. The van der Waals surface area contributed by atoms with Gasteiger partial charge >= 0.3 is 5.97 Å². The topological polar surface area (TPSA) is 84.2 Å². The van der Waals surface area contributed by atoms with E-state index in [2.05, 4.69) is 37.1 Å². The van der Waals surface area contributed by atoms with Crippen molar-refractivity contribution >= 4 is 17.6 Å². The van der Waals surface area contributed by atoms with Crippen LogP contribution in [0.5, 0.6) is 0 Å². The summed E-state index contributed by atoms with van der Waals surface area (Å²) in [6, 6.07) is 5.97. The van der Waals surface area contributed by atoms with Gasteiger partial charge in [0.25, 0.3) is 0 Å². The average Bonchev–Trinajstić information content (AvgIpc) is 3.02. The van der Waals surface area contributed by atoms with Gasteiger partial charge in [0, 0.05) is 5.69 Å². The van der Waals surface area contributed by atoms with E-state index in [1.807, 2.05) is 12.1 Å². The molecule has 126 valence electrons. The summed E-state index contributed by atoms with van der Waals surface area (Å²) in [5.74, 6) is -0.994. The van der Waals surface area contributed by atoms with Crippen molar-refractivity contribution < 1.29 is 14.7 Å². The monoisotopic (exact) mass is 327 g/mol. The summed E-state index contributed by atoms with van der Waals surface area (Å²) in [6.45, 7) is 6.52. The first-order valence-corrected chi connectivity index (χ1v) is 7.96. The number of nitrogens with zero attached hydrogens (tertiary/aromatic N) is 2. The molecule has 2 aromatic rings. The molecule has 0 saturated heterocycles. The van der Waals surface area contributed by atoms with Crippen LogP contribution in [0.25, 0.3) is 0 Å². The van der Waals surface area contributed by atoms with Crippen molar-refractivity contribution in [3.8, 4) is 0 Å². The number of carboxylic acid groups (broad SMARTS) is 1. The Hall–Kier alpha value is -2.63. The lowest BCUT2D eigenvalue weighted by Gasteiger charge is -2.19. The maximum Gasteiger partial charge on any atom is 0.354 e. The highest BCUT2D eigenvalue weighted by Crippen LogP contribution is 2.48. The fourth-order valence-electron chi connectivity index (χ4n) is 3.74. The van der Waals surface area contributed by atoms with Gasteiger partial charge in [0.05, 0.1) is 12.5 Å². The zero-order chi connectivity index (χ0) is 17.5. The molecule has 6 heteroatoms. The number of hydrogen-bond donors (Lipinski definition) is 2. The van der Waals surface area contributed by atoms with Crippen LogP contribution < -0.4 is 5.32 Å². The second kappa shape index (κ2) is 5.78. The van der Waals surface area contributed by atoms with Crippen LogP contribution in [-0.4, -0.2) is 26.5 Å². The molecule has 0 bridgehead atoms. The van der Waals surface area contributed by atoms with Gasteiger partial charge in [-0.2, -0.15) is 0 Å². The molecule has 0 aliphatic heterocycles. The predicted octanol–water partition coefficient (Wildman–Crippen LogP) is 3.00. The molecule has 1 amide bonds. The molecule has 1 aliphatic rings. The van der Waals surface area contributed by atoms with Gasteiger partial charge in [-0.05, 0) is 34.9 Å². The highest BCUT2D eigenvalue weighted by Gasteiger charge is 2.36. The van der Waals surface area contributed by atoms with Crippen LogP contribution >= 0.6 is 0 Å². The van der Waals surface area contributed by atoms with Crippen molar-refractivity contribution in [1.82, 2.24) is 9.55 Å². The molecule has 1 aromatic carbocycles. The predicted molar refractivity (Wildman–Crippen MR) is 90.3 cm³/mol. The number of carbonyl (C=O) groups excluding carboxylic acids is 1. The number of aromatic carboxylic acids is 1. The van der Waals surface area contributed by atoms with Gasteiger partial charge in [0.15, 0.2) is 0 Å². The molecule has 1 aromatic heterocycles. The first-order chi connectivity index (χ1) is 11.3. The average molecular weight is 327 g/mol. The molecule has 3 rings (SSSR count). The summed E-state index contributed by atoms with van der Waals surface area (Å²) in [5, 5.41) is 12.0. The lowest BCUT2D eigenvalue weighted by molar-refractivity contribution is -0.116. The van der Waals surface area contributed by atoms with E-state index in [0.717, 1.165) is 12.1 Å². The smallest absolute Gasteiger partial charge is 0.354 e. The largest absolute Gasteiger partial charge is 0.477 e. The second-order valence-corrected chi connectivity index (χ2v) is 7.02. The minimum Gasteiger partial charge on any atom is -0.477 e. The van der Waals surface area contributed by atoms with E-state index >= 15 is 0 Å². The molecule has 2 N–H and O–H groups in total. The zero-order valence-electron chi connectivity index (χ0n) is 14.0. The van der Waals surface area contributed by atoms with E-state index in [1.54, 1.807) is 0 Å². The molecule has 1 aliphatic carbocycles. The number of fused-ring (bicyclic) bond motifs is 1. The number of aromatic nitrogens is 2. The number of anilines is 1. The summed E-state index contributed by atoms with van der Waals surface area (Å²) in [4.78, 5) is 27.3. The molecule has 0 radical (unpaired) electrons. The van der Waals surface area contributed by atoms with Gasteiger partial charge in [-0.3, -0.25) is 4.79 Å². The SMILES string of the molecule is CC1CC(C)(C)c2cccc(NC(=O)Cn3cncc3C(=O)O)c21. The number of nitrogens with one attached hydrogen (secondary N) is 1. The fourth-order valence-corrected chi connectivity index (χ4v) is 3.74. The van der Waals surface area contributed by atoms with E-state index in [4.69, 9.17) is 5.11 Å². The Kier molecular flexibility index (Phi) is 3.91. The molecule has 1 atom stereocenters. The van der Waals surface area contributed by atoms with E-state index in [0.29, 0.717) is 5.92 Å². The number of benzene rings is 1. The summed E-state index contributed by atoms with van der Waals surface area (Å²) >= 11 is 0. The number of carboxylic acids is 1. The van der Waals surface area contributed by atoms with Gasteiger partial charge in [-0.25, -0.2) is 9.78 Å².